The molecule has 2 unspecified atom stereocenters. The van der Waals surface area contributed by atoms with Crippen molar-refractivity contribution in [1.82, 2.24) is 9.88 Å². The van der Waals surface area contributed by atoms with Gasteiger partial charge in [0, 0.05) is 43.9 Å². The summed E-state index contributed by atoms with van der Waals surface area (Å²) >= 11 is 0. The van der Waals surface area contributed by atoms with Crippen LogP contribution in [0.15, 0.2) is 24.5 Å². The van der Waals surface area contributed by atoms with Crippen LogP contribution in [0.1, 0.15) is 42.5 Å². The van der Waals surface area contributed by atoms with Gasteiger partial charge in [-0.15, -0.1) is 0 Å². The zero-order valence-electron chi connectivity index (χ0n) is 12.0. The molecule has 5 heteroatoms. The zero-order valence-corrected chi connectivity index (χ0v) is 12.0. The van der Waals surface area contributed by atoms with E-state index in [4.69, 9.17) is 4.74 Å². The molecule has 2 aliphatic heterocycles. The summed E-state index contributed by atoms with van der Waals surface area (Å²) in [6, 6.07) is 4.26. The van der Waals surface area contributed by atoms with Gasteiger partial charge in [-0.1, -0.05) is 0 Å². The lowest BCUT2D eigenvalue weighted by Gasteiger charge is -2.33. The fourth-order valence-electron chi connectivity index (χ4n) is 3.41. The second kappa shape index (κ2) is 6.35. The van der Waals surface area contributed by atoms with Gasteiger partial charge in [-0.25, -0.2) is 4.79 Å². The van der Waals surface area contributed by atoms with E-state index in [2.05, 4.69) is 9.88 Å². The fourth-order valence-corrected chi connectivity index (χ4v) is 3.41. The first-order valence-electron chi connectivity index (χ1n) is 7.58. The number of aromatic nitrogens is 1. The molecule has 5 nitrogen and oxygen atoms in total. The van der Waals surface area contributed by atoms with Crippen LogP contribution in [0.2, 0.25) is 0 Å². The minimum atomic E-state index is -0.320. The first kappa shape index (κ1) is 14.2. The highest BCUT2D eigenvalue weighted by atomic mass is 16.5. The van der Waals surface area contributed by atoms with Crippen LogP contribution in [-0.2, 0) is 9.53 Å². The molecular weight excluding hydrogens is 268 g/mol. The Labute approximate surface area is 124 Å². The van der Waals surface area contributed by atoms with Gasteiger partial charge >= 0.3 is 5.97 Å². The summed E-state index contributed by atoms with van der Waals surface area (Å²) in [5, 5.41) is 0. The summed E-state index contributed by atoms with van der Waals surface area (Å²) in [5.41, 5.74) is 0.487. The predicted molar refractivity (Wildman–Crippen MR) is 76.9 cm³/mol. The molecular formula is C16H20N2O3. The van der Waals surface area contributed by atoms with Crippen molar-refractivity contribution >= 4 is 11.8 Å². The van der Waals surface area contributed by atoms with Crippen LogP contribution < -0.4 is 0 Å². The largest absolute Gasteiger partial charge is 0.462 e. The standard InChI is InChI=1S/C16H20N2O3/c19-15-9-13-4-5-14(10-15)18(13)7-2-8-21-16(20)12-3-1-6-17-11-12/h1,3,6,11,13-14H,2,4-5,7-10H2. The van der Waals surface area contributed by atoms with Gasteiger partial charge in [-0.3, -0.25) is 14.7 Å². The van der Waals surface area contributed by atoms with Crippen LogP contribution in [0.4, 0.5) is 0 Å². The van der Waals surface area contributed by atoms with Crippen molar-refractivity contribution in [3.63, 3.8) is 0 Å². The van der Waals surface area contributed by atoms with E-state index in [-0.39, 0.29) is 5.97 Å². The fraction of sp³-hybridized carbons (Fsp3) is 0.562. The van der Waals surface area contributed by atoms with Crippen molar-refractivity contribution in [3.05, 3.63) is 30.1 Å². The van der Waals surface area contributed by atoms with E-state index >= 15 is 0 Å². The topological polar surface area (TPSA) is 59.5 Å². The maximum Gasteiger partial charge on any atom is 0.339 e. The van der Waals surface area contributed by atoms with Gasteiger partial charge in [0.25, 0.3) is 0 Å². The number of carbonyl (C=O) groups is 2. The molecule has 3 heterocycles. The number of carbonyl (C=O) groups excluding carboxylic acids is 2. The number of ketones is 1. The van der Waals surface area contributed by atoms with Crippen LogP contribution in [-0.4, -0.2) is 46.9 Å². The molecule has 0 radical (unpaired) electrons. The Morgan fingerprint density at radius 1 is 1.33 bits per heavy atom. The van der Waals surface area contributed by atoms with E-state index < -0.39 is 0 Å². The monoisotopic (exact) mass is 288 g/mol. The summed E-state index contributed by atoms with van der Waals surface area (Å²) < 4.78 is 5.26. The van der Waals surface area contributed by atoms with Crippen LogP contribution in [0.25, 0.3) is 0 Å². The summed E-state index contributed by atoms with van der Waals surface area (Å²) in [4.78, 5) is 29.6. The van der Waals surface area contributed by atoms with Crippen molar-refractivity contribution in [3.8, 4) is 0 Å². The number of Topliss-reactive ketones (excluding diaryl/α,β-unsaturated/α-hetero) is 1. The minimum Gasteiger partial charge on any atom is -0.462 e. The number of fused-ring (bicyclic) bond motifs is 2. The van der Waals surface area contributed by atoms with Gasteiger partial charge in [-0.05, 0) is 31.4 Å². The van der Waals surface area contributed by atoms with E-state index in [1.807, 2.05) is 0 Å². The number of hydrogen-bond acceptors (Lipinski definition) is 5. The van der Waals surface area contributed by atoms with E-state index in [1.54, 1.807) is 18.3 Å². The maximum atomic E-state index is 11.8. The van der Waals surface area contributed by atoms with Crippen molar-refractivity contribution in [2.24, 2.45) is 0 Å². The van der Waals surface area contributed by atoms with Crippen molar-refractivity contribution in [2.75, 3.05) is 13.2 Å². The first-order valence-corrected chi connectivity index (χ1v) is 7.58. The van der Waals surface area contributed by atoms with Crippen LogP contribution in [0.5, 0.6) is 0 Å². The number of hydrogen-bond donors (Lipinski definition) is 0. The molecule has 2 atom stereocenters. The molecule has 0 amide bonds. The third-order valence-electron chi connectivity index (χ3n) is 4.39. The van der Waals surface area contributed by atoms with Crippen LogP contribution in [0.3, 0.4) is 0 Å². The van der Waals surface area contributed by atoms with Crippen molar-refractivity contribution < 1.29 is 14.3 Å². The second-order valence-corrected chi connectivity index (χ2v) is 5.80. The summed E-state index contributed by atoms with van der Waals surface area (Å²) in [5.74, 6) is 0.0849. The number of ether oxygens (including phenoxy) is 1. The van der Waals surface area contributed by atoms with Crippen molar-refractivity contribution in [1.29, 1.82) is 0 Å². The second-order valence-electron chi connectivity index (χ2n) is 5.80. The van der Waals surface area contributed by atoms with E-state index in [0.29, 0.717) is 42.9 Å². The van der Waals surface area contributed by atoms with E-state index in [9.17, 15) is 9.59 Å². The number of nitrogens with zero attached hydrogens (tertiary/aromatic N) is 2. The van der Waals surface area contributed by atoms with E-state index in [0.717, 1.165) is 25.8 Å². The quantitative estimate of drug-likeness (QED) is 0.611. The van der Waals surface area contributed by atoms with Gasteiger partial charge in [-0.2, -0.15) is 0 Å². The van der Waals surface area contributed by atoms with Gasteiger partial charge < -0.3 is 4.74 Å². The Kier molecular flexibility index (Phi) is 4.29. The van der Waals surface area contributed by atoms with Gasteiger partial charge in [0.1, 0.15) is 5.78 Å². The number of pyridine rings is 1. The third-order valence-corrected chi connectivity index (χ3v) is 4.39. The molecule has 2 aliphatic rings. The number of esters is 1. The Morgan fingerprint density at radius 3 is 2.76 bits per heavy atom. The molecule has 0 aliphatic carbocycles. The Balaban J connectivity index is 1.41. The molecule has 2 bridgehead atoms. The number of piperidine rings is 1. The van der Waals surface area contributed by atoms with Gasteiger partial charge in [0.2, 0.25) is 0 Å². The highest BCUT2D eigenvalue weighted by molar-refractivity contribution is 5.88. The molecule has 1 aromatic heterocycles. The van der Waals surface area contributed by atoms with Crippen LogP contribution in [0, 0.1) is 0 Å². The normalized spacial score (nSPS) is 25.0. The lowest BCUT2D eigenvalue weighted by atomic mass is 10.0. The minimum absolute atomic E-state index is 0.320. The molecule has 0 aromatic carbocycles. The molecule has 112 valence electrons. The molecule has 2 fully saturated rings. The first-order chi connectivity index (χ1) is 10.2. The molecule has 0 saturated carbocycles. The molecule has 2 saturated heterocycles. The predicted octanol–water partition coefficient (Wildman–Crippen LogP) is 1.82. The Bertz CT molecular complexity index is 502. The summed E-state index contributed by atoms with van der Waals surface area (Å²) in [6.45, 7) is 1.32. The molecule has 21 heavy (non-hydrogen) atoms. The lowest BCUT2D eigenvalue weighted by molar-refractivity contribution is -0.123. The highest BCUT2D eigenvalue weighted by Crippen LogP contribution is 2.33. The average Bonchev–Trinajstić information content (AvgIpc) is 2.74. The number of rotatable bonds is 5. The van der Waals surface area contributed by atoms with Crippen molar-refractivity contribution in [2.45, 2.75) is 44.2 Å². The van der Waals surface area contributed by atoms with Crippen LogP contribution >= 0.6 is 0 Å². The average molecular weight is 288 g/mol. The third kappa shape index (κ3) is 3.29. The Hall–Kier alpha value is -1.75. The summed E-state index contributed by atoms with van der Waals surface area (Å²) in [7, 11) is 0. The smallest absolute Gasteiger partial charge is 0.339 e. The Morgan fingerprint density at radius 2 is 2.10 bits per heavy atom. The molecule has 3 rings (SSSR count). The van der Waals surface area contributed by atoms with Gasteiger partial charge in [0.15, 0.2) is 0 Å². The highest BCUT2D eigenvalue weighted by Gasteiger charge is 2.39. The van der Waals surface area contributed by atoms with E-state index in [1.165, 1.54) is 6.20 Å². The maximum absolute atomic E-state index is 11.8. The summed E-state index contributed by atoms with van der Waals surface area (Å²) in [6.07, 6.45) is 7.62. The zero-order chi connectivity index (χ0) is 14.7. The molecule has 1 aromatic rings. The molecule has 0 spiro atoms. The lowest BCUT2D eigenvalue weighted by Crippen LogP contribution is -2.43. The molecule has 0 N–H and O–H groups in total. The van der Waals surface area contributed by atoms with Gasteiger partial charge in [0.05, 0.1) is 12.2 Å². The SMILES string of the molecule is O=C1CC2CCC(C1)N2CCCOC(=O)c1cccnc1.